The van der Waals surface area contributed by atoms with Gasteiger partial charge >= 0.3 is 6.03 Å². The Bertz CT molecular complexity index is 396. The van der Waals surface area contributed by atoms with Gasteiger partial charge in [0, 0.05) is 17.1 Å². The van der Waals surface area contributed by atoms with Gasteiger partial charge in [-0.25, -0.2) is 4.79 Å². The summed E-state index contributed by atoms with van der Waals surface area (Å²) in [4.78, 5) is 11.6. The molecule has 5 heteroatoms. The van der Waals surface area contributed by atoms with Gasteiger partial charge in [-0.15, -0.1) is 0 Å². The van der Waals surface area contributed by atoms with Gasteiger partial charge in [-0.05, 0) is 53.9 Å². The van der Waals surface area contributed by atoms with Gasteiger partial charge in [-0.1, -0.05) is 6.07 Å². The number of halogens is 1. The largest absolute Gasteiger partial charge is 0.396 e. The molecular formula is C12H17BrN2O2. The van der Waals surface area contributed by atoms with Crippen LogP contribution in [-0.4, -0.2) is 23.8 Å². The molecule has 3 N–H and O–H groups in total. The van der Waals surface area contributed by atoms with Crippen LogP contribution in [0.5, 0.6) is 0 Å². The summed E-state index contributed by atoms with van der Waals surface area (Å²) in [6.45, 7) is 3.88. The normalized spacial score (nSPS) is 12.0. The van der Waals surface area contributed by atoms with E-state index in [1.54, 1.807) is 0 Å². The second kappa shape index (κ2) is 6.61. The molecule has 1 aromatic rings. The lowest BCUT2D eigenvalue weighted by Gasteiger charge is -2.14. The molecule has 1 rings (SSSR count). The first-order chi connectivity index (χ1) is 8.02. The zero-order valence-electron chi connectivity index (χ0n) is 9.96. The quantitative estimate of drug-likeness (QED) is 0.800. The lowest BCUT2D eigenvalue weighted by atomic mass is 10.2. The number of hydrogen-bond donors (Lipinski definition) is 3. The molecule has 0 heterocycles. The van der Waals surface area contributed by atoms with E-state index in [9.17, 15) is 4.79 Å². The second-order valence-corrected chi connectivity index (χ2v) is 4.85. The number of rotatable bonds is 4. The molecule has 0 fully saturated rings. The summed E-state index contributed by atoms with van der Waals surface area (Å²) in [6.07, 6.45) is 0.544. The summed E-state index contributed by atoms with van der Waals surface area (Å²) in [7, 11) is 0. The predicted molar refractivity (Wildman–Crippen MR) is 72.2 cm³/mol. The van der Waals surface area contributed by atoms with Crippen molar-refractivity contribution in [1.82, 2.24) is 5.32 Å². The first kappa shape index (κ1) is 14.0. The van der Waals surface area contributed by atoms with Crippen LogP contribution in [-0.2, 0) is 0 Å². The van der Waals surface area contributed by atoms with Gasteiger partial charge < -0.3 is 15.7 Å². The molecule has 0 aliphatic heterocycles. The SMILES string of the molecule is Cc1ccc(Br)c(NC(=O)N[C@H](C)CCO)c1. The Morgan fingerprint density at radius 1 is 1.53 bits per heavy atom. The van der Waals surface area contributed by atoms with Crippen molar-refractivity contribution < 1.29 is 9.90 Å². The molecule has 0 saturated heterocycles. The van der Waals surface area contributed by atoms with Crippen LogP contribution in [0.4, 0.5) is 10.5 Å². The minimum atomic E-state index is -0.266. The number of nitrogens with one attached hydrogen (secondary N) is 2. The van der Waals surface area contributed by atoms with E-state index in [1.165, 1.54) is 0 Å². The summed E-state index contributed by atoms with van der Waals surface area (Å²) in [5, 5.41) is 14.2. The molecule has 0 bridgehead atoms. The summed E-state index contributed by atoms with van der Waals surface area (Å²) in [6, 6.07) is 5.42. The van der Waals surface area contributed by atoms with Gasteiger partial charge in [0.05, 0.1) is 5.69 Å². The first-order valence-electron chi connectivity index (χ1n) is 5.47. The average Bonchev–Trinajstić information content (AvgIpc) is 2.23. The van der Waals surface area contributed by atoms with Crippen LogP contribution in [0.15, 0.2) is 22.7 Å². The number of urea groups is 1. The van der Waals surface area contributed by atoms with Gasteiger partial charge in [0.25, 0.3) is 0 Å². The molecule has 0 aliphatic rings. The van der Waals surface area contributed by atoms with Crippen LogP contribution in [0.2, 0.25) is 0 Å². The number of aliphatic hydroxyl groups excluding tert-OH is 1. The zero-order chi connectivity index (χ0) is 12.8. The topological polar surface area (TPSA) is 61.4 Å². The lowest BCUT2D eigenvalue weighted by molar-refractivity contribution is 0.241. The van der Waals surface area contributed by atoms with Crippen LogP contribution in [0.25, 0.3) is 0 Å². The summed E-state index contributed by atoms with van der Waals surface area (Å²) in [5.74, 6) is 0. The highest BCUT2D eigenvalue weighted by Gasteiger charge is 2.08. The minimum absolute atomic E-state index is 0.0522. The number of hydrogen-bond acceptors (Lipinski definition) is 2. The lowest BCUT2D eigenvalue weighted by Crippen LogP contribution is -2.36. The Morgan fingerprint density at radius 3 is 2.88 bits per heavy atom. The molecule has 0 aliphatic carbocycles. The molecular weight excluding hydrogens is 284 g/mol. The molecule has 1 aromatic carbocycles. The van der Waals surface area contributed by atoms with Gasteiger partial charge in [0.1, 0.15) is 0 Å². The number of aliphatic hydroxyl groups is 1. The van der Waals surface area contributed by atoms with Crippen molar-refractivity contribution in [3.63, 3.8) is 0 Å². The Kier molecular flexibility index (Phi) is 5.44. The first-order valence-corrected chi connectivity index (χ1v) is 6.26. The van der Waals surface area contributed by atoms with Crippen molar-refractivity contribution in [2.45, 2.75) is 26.3 Å². The van der Waals surface area contributed by atoms with Crippen molar-refractivity contribution in [3.05, 3.63) is 28.2 Å². The fourth-order valence-corrected chi connectivity index (χ4v) is 1.73. The van der Waals surface area contributed by atoms with Gasteiger partial charge in [-0.2, -0.15) is 0 Å². The molecule has 2 amide bonds. The molecule has 94 valence electrons. The van der Waals surface area contributed by atoms with Crippen LogP contribution in [0.1, 0.15) is 18.9 Å². The third-order valence-electron chi connectivity index (χ3n) is 2.31. The third kappa shape index (κ3) is 4.75. The molecule has 0 spiro atoms. The maximum atomic E-state index is 11.6. The maximum absolute atomic E-state index is 11.6. The number of carbonyl (C=O) groups excluding carboxylic acids is 1. The van der Waals surface area contributed by atoms with Crippen LogP contribution in [0, 0.1) is 6.92 Å². The Morgan fingerprint density at radius 2 is 2.24 bits per heavy atom. The predicted octanol–water partition coefficient (Wildman–Crippen LogP) is 2.65. The Hall–Kier alpha value is -1.07. The van der Waals surface area contributed by atoms with Crippen LogP contribution in [0.3, 0.4) is 0 Å². The summed E-state index contributed by atoms with van der Waals surface area (Å²) < 4.78 is 0.841. The molecule has 0 radical (unpaired) electrons. The van der Waals surface area contributed by atoms with Gasteiger partial charge in [0.15, 0.2) is 0 Å². The van der Waals surface area contributed by atoms with E-state index >= 15 is 0 Å². The van der Waals surface area contributed by atoms with E-state index in [0.29, 0.717) is 6.42 Å². The highest BCUT2D eigenvalue weighted by Crippen LogP contribution is 2.23. The van der Waals surface area contributed by atoms with E-state index < -0.39 is 0 Å². The van der Waals surface area contributed by atoms with Crippen molar-refractivity contribution in [2.75, 3.05) is 11.9 Å². The fraction of sp³-hybridized carbons (Fsp3) is 0.417. The highest BCUT2D eigenvalue weighted by molar-refractivity contribution is 9.10. The second-order valence-electron chi connectivity index (χ2n) is 4.00. The zero-order valence-corrected chi connectivity index (χ0v) is 11.5. The maximum Gasteiger partial charge on any atom is 0.319 e. The van der Waals surface area contributed by atoms with E-state index in [1.807, 2.05) is 32.0 Å². The van der Waals surface area contributed by atoms with E-state index in [-0.39, 0.29) is 18.7 Å². The molecule has 0 unspecified atom stereocenters. The number of carbonyl (C=O) groups is 1. The van der Waals surface area contributed by atoms with Crippen molar-refractivity contribution in [1.29, 1.82) is 0 Å². The number of aryl methyl sites for hydroxylation is 1. The van der Waals surface area contributed by atoms with Crippen LogP contribution < -0.4 is 10.6 Å². The Balaban J connectivity index is 2.58. The molecule has 17 heavy (non-hydrogen) atoms. The standard InChI is InChI=1S/C12H17BrN2O2/c1-8-3-4-10(13)11(7-8)15-12(17)14-9(2)5-6-16/h3-4,7,9,16H,5-6H2,1-2H3,(H2,14,15,17)/t9-/m1/s1. The Labute approximate surface area is 110 Å². The fourth-order valence-electron chi connectivity index (χ4n) is 1.38. The third-order valence-corrected chi connectivity index (χ3v) is 3.00. The molecule has 1 atom stereocenters. The molecule has 4 nitrogen and oxygen atoms in total. The van der Waals surface area contributed by atoms with Gasteiger partial charge in [-0.3, -0.25) is 0 Å². The summed E-state index contributed by atoms with van der Waals surface area (Å²) >= 11 is 3.37. The van der Waals surface area contributed by atoms with Crippen LogP contribution >= 0.6 is 15.9 Å². The molecule has 0 saturated carbocycles. The van der Waals surface area contributed by atoms with Crippen molar-refractivity contribution in [3.8, 4) is 0 Å². The minimum Gasteiger partial charge on any atom is -0.396 e. The van der Waals surface area contributed by atoms with Crippen molar-refractivity contribution >= 4 is 27.6 Å². The smallest absolute Gasteiger partial charge is 0.319 e. The van der Waals surface area contributed by atoms with E-state index in [2.05, 4.69) is 26.6 Å². The number of anilines is 1. The van der Waals surface area contributed by atoms with E-state index in [0.717, 1.165) is 15.7 Å². The molecule has 0 aromatic heterocycles. The number of benzene rings is 1. The van der Waals surface area contributed by atoms with Crippen molar-refractivity contribution in [2.24, 2.45) is 0 Å². The number of amides is 2. The highest BCUT2D eigenvalue weighted by atomic mass is 79.9. The van der Waals surface area contributed by atoms with E-state index in [4.69, 9.17) is 5.11 Å². The van der Waals surface area contributed by atoms with Gasteiger partial charge in [0.2, 0.25) is 0 Å². The monoisotopic (exact) mass is 300 g/mol. The summed E-state index contributed by atoms with van der Waals surface area (Å²) in [5.41, 5.74) is 1.81. The average molecular weight is 301 g/mol.